The van der Waals surface area contributed by atoms with Gasteiger partial charge in [0, 0.05) is 23.5 Å². The summed E-state index contributed by atoms with van der Waals surface area (Å²) in [4.78, 5) is 0. The number of rotatable bonds is 13. The molecule has 0 heterocycles. The fourth-order valence-corrected chi connectivity index (χ4v) is 5.92. The number of nitrogens with one attached hydrogen (secondary N) is 3. The average molecular weight is 522 g/mol. The fraction of sp³-hybridized carbons (Fsp3) is 0.417. The van der Waals surface area contributed by atoms with Crippen LogP contribution in [-0.2, 0) is 6.42 Å². The van der Waals surface area contributed by atoms with Crippen LogP contribution in [0.25, 0.3) is 11.1 Å². The number of hydrogen-bond donors (Lipinski definition) is 3. The molecule has 0 bridgehead atoms. The molecule has 0 aromatic heterocycles. The van der Waals surface area contributed by atoms with Crippen LogP contribution >= 0.6 is 0 Å². The van der Waals surface area contributed by atoms with Gasteiger partial charge in [0.25, 0.3) is 0 Å². The summed E-state index contributed by atoms with van der Waals surface area (Å²) in [7, 11) is 0. The van der Waals surface area contributed by atoms with E-state index in [1.54, 1.807) is 0 Å². The third-order valence-electron chi connectivity index (χ3n) is 8.07. The SMILES string of the molecule is CCCNCCCc1ccc(/C(=C(/CC)c2ccccc2C)c2ccc(NC3CCCCC3)c(C=N)c2)cc1. The first kappa shape index (κ1) is 28.8. The molecule has 1 aliphatic rings. The molecule has 1 saturated carbocycles. The summed E-state index contributed by atoms with van der Waals surface area (Å²) < 4.78 is 0. The topological polar surface area (TPSA) is 47.9 Å². The first-order chi connectivity index (χ1) is 19.1. The molecule has 3 aromatic carbocycles. The molecule has 0 radical (unpaired) electrons. The maximum atomic E-state index is 8.24. The second-order valence-corrected chi connectivity index (χ2v) is 11.0. The first-order valence-electron chi connectivity index (χ1n) is 15.1. The number of allylic oxidation sites excluding steroid dienone is 1. The van der Waals surface area contributed by atoms with Crippen LogP contribution in [0, 0.1) is 12.3 Å². The van der Waals surface area contributed by atoms with Gasteiger partial charge in [0.2, 0.25) is 0 Å². The number of anilines is 1. The number of aryl methyl sites for hydroxylation is 2. The molecule has 1 aliphatic carbocycles. The van der Waals surface area contributed by atoms with Crippen molar-refractivity contribution in [2.45, 2.75) is 84.6 Å². The van der Waals surface area contributed by atoms with Crippen LogP contribution < -0.4 is 10.6 Å². The van der Waals surface area contributed by atoms with E-state index < -0.39 is 0 Å². The molecular formula is C36H47N3. The van der Waals surface area contributed by atoms with Crippen molar-refractivity contribution in [1.82, 2.24) is 5.32 Å². The molecule has 3 heteroatoms. The van der Waals surface area contributed by atoms with Gasteiger partial charge in [-0.1, -0.05) is 87.7 Å². The average Bonchev–Trinajstić information content (AvgIpc) is 2.98. The van der Waals surface area contributed by atoms with Crippen LogP contribution in [-0.4, -0.2) is 25.3 Å². The summed E-state index contributed by atoms with van der Waals surface area (Å²) >= 11 is 0. The van der Waals surface area contributed by atoms with Crippen molar-refractivity contribution in [3.05, 3.63) is 100 Å². The lowest BCUT2D eigenvalue weighted by Gasteiger charge is -2.25. The molecule has 0 aliphatic heterocycles. The maximum absolute atomic E-state index is 8.24. The minimum Gasteiger partial charge on any atom is -0.382 e. The second-order valence-electron chi connectivity index (χ2n) is 11.0. The van der Waals surface area contributed by atoms with E-state index in [9.17, 15) is 0 Å². The molecule has 3 N–H and O–H groups in total. The molecule has 1 fully saturated rings. The largest absolute Gasteiger partial charge is 0.382 e. The van der Waals surface area contributed by atoms with Crippen molar-refractivity contribution in [3.63, 3.8) is 0 Å². The highest BCUT2D eigenvalue weighted by Gasteiger charge is 2.18. The highest BCUT2D eigenvalue weighted by Crippen LogP contribution is 2.37. The molecule has 206 valence electrons. The van der Waals surface area contributed by atoms with Crippen molar-refractivity contribution in [1.29, 1.82) is 5.41 Å². The predicted octanol–water partition coefficient (Wildman–Crippen LogP) is 9.04. The van der Waals surface area contributed by atoms with E-state index in [-0.39, 0.29) is 0 Å². The molecule has 0 atom stereocenters. The van der Waals surface area contributed by atoms with Gasteiger partial charge >= 0.3 is 0 Å². The smallest absolute Gasteiger partial charge is 0.0431 e. The molecular weight excluding hydrogens is 474 g/mol. The Morgan fingerprint density at radius 1 is 0.897 bits per heavy atom. The van der Waals surface area contributed by atoms with Crippen molar-refractivity contribution in [2.24, 2.45) is 0 Å². The van der Waals surface area contributed by atoms with Crippen molar-refractivity contribution < 1.29 is 0 Å². The van der Waals surface area contributed by atoms with Gasteiger partial charge in [0.1, 0.15) is 0 Å². The Hall–Kier alpha value is -3.17. The summed E-state index contributed by atoms with van der Waals surface area (Å²) in [6.45, 7) is 8.85. The van der Waals surface area contributed by atoms with Crippen LogP contribution in [0.4, 0.5) is 5.69 Å². The molecule has 39 heavy (non-hydrogen) atoms. The Labute approximate surface area is 236 Å². The lowest BCUT2D eigenvalue weighted by atomic mass is 9.85. The summed E-state index contributed by atoms with van der Waals surface area (Å²) in [6, 6.07) is 25.1. The van der Waals surface area contributed by atoms with E-state index in [0.29, 0.717) is 6.04 Å². The summed E-state index contributed by atoms with van der Waals surface area (Å²) in [6.07, 6.45) is 12.3. The highest BCUT2D eigenvalue weighted by atomic mass is 14.9. The Balaban J connectivity index is 1.71. The van der Waals surface area contributed by atoms with E-state index in [1.165, 1.54) is 83.7 Å². The first-order valence-corrected chi connectivity index (χ1v) is 15.1. The molecule has 4 rings (SSSR count). The summed E-state index contributed by atoms with van der Waals surface area (Å²) in [5.41, 5.74) is 11.1. The van der Waals surface area contributed by atoms with Crippen LogP contribution in [0.15, 0.2) is 66.7 Å². The summed E-state index contributed by atoms with van der Waals surface area (Å²) in [5.74, 6) is 0. The van der Waals surface area contributed by atoms with Gasteiger partial charge in [-0.25, -0.2) is 0 Å². The van der Waals surface area contributed by atoms with Gasteiger partial charge in [0.05, 0.1) is 0 Å². The van der Waals surface area contributed by atoms with E-state index in [1.807, 2.05) is 0 Å². The standard InChI is InChI=1S/C36H47N3/c1-4-23-38-24-11-13-28-17-19-29(20-18-28)36(33(5-2)34-16-10-9-12-27(34)3)30-21-22-35(31(25-30)26-37)39-32-14-7-6-8-15-32/h9-10,12,16-22,25-26,32,37-39H,4-8,11,13-15,23-24H2,1-3H3/b36-33+,37-26?. The lowest BCUT2D eigenvalue weighted by Crippen LogP contribution is -2.22. The van der Waals surface area contributed by atoms with Crippen molar-refractivity contribution in [3.8, 4) is 0 Å². The van der Waals surface area contributed by atoms with Gasteiger partial charge in [-0.15, -0.1) is 0 Å². The number of hydrogen-bond acceptors (Lipinski definition) is 3. The van der Waals surface area contributed by atoms with E-state index in [0.717, 1.165) is 43.6 Å². The van der Waals surface area contributed by atoms with Gasteiger partial charge in [-0.05, 0) is 110 Å². The third kappa shape index (κ3) is 7.70. The Morgan fingerprint density at radius 2 is 1.64 bits per heavy atom. The van der Waals surface area contributed by atoms with Crippen LogP contribution in [0.5, 0.6) is 0 Å². The fourth-order valence-electron chi connectivity index (χ4n) is 5.92. The molecule has 0 unspecified atom stereocenters. The molecule has 3 aromatic rings. The van der Waals surface area contributed by atoms with Crippen molar-refractivity contribution >= 4 is 23.0 Å². The Morgan fingerprint density at radius 3 is 2.33 bits per heavy atom. The molecule has 3 nitrogen and oxygen atoms in total. The quantitative estimate of drug-likeness (QED) is 0.119. The van der Waals surface area contributed by atoms with E-state index in [4.69, 9.17) is 5.41 Å². The van der Waals surface area contributed by atoms with Gasteiger partial charge in [-0.2, -0.15) is 0 Å². The minimum atomic E-state index is 0.515. The van der Waals surface area contributed by atoms with Gasteiger partial charge in [-0.3, -0.25) is 0 Å². The van der Waals surface area contributed by atoms with Crippen LogP contribution in [0.2, 0.25) is 0 Å². The third-order valence-corrected chi connectivity index (χ3v) is 8.07. The summed E-state index contributed by atoms with van der Waals surface area (Å²) in [5, 5.41) is 15.5. The lowest BCUT2D eigenvalue weighted by molar-refractivity contribution is 0.462. The van der Waals surface area contributed by atoms with Gasteiger partial charge in [0.15, 0.2) is 0 Å². The van der Waals surface area contributed by atoms with Crippen LogP contribution in [0.1, 0.15) is 98.6 Å². The minimum absolute atomic E-state index is 0.515. The Bertz CT molecular complexity index is 1230. The van der Waals surface area contributed by atoms with Crippen LogP contribution in [0.3, 0.4) is 0 Å². The second kappa shape index (κ2) is 14.8. The van der Waals surface area contributed by atoms with E-state index in [2.05, 4.69) is 98.1 Å². The zero-order chi connectivity index (χ0) is 27.5. The predicted molar refractivity (Wildman–Crippen MR) is 170 cm³/mol. The molecule has 0 spiro atoms. The normalized spacial score (nSPS) is 14.6. The number of benzene rings is 3. The Kier molecular flexibility index (Phi) is 11.0. The van der Waals surface area contributed by atoms with Gasteiger partial charge < -0.3 is 16.0 Å². The monoisotopic (exact) mass is 521 g/mol. The zero-order valence-electron chi connectivity index (χ0n) is 24.3. The maximum Gasteiger partial charge on any atom is 0.0431 e. The molecule has 0 saturated heterocycles. The van der Waals surface area contributed by atoms with E-state index >= 15 is 0 Å². The molecule has 0 amide bonds. The van der Waals surface area contributed by atoms with Crippen molar-refractivity contribution in [2.75, 3.05) is 18.4 Å². The highest BCUT2D eigenvalue weighted by molar-refractivity contribution is 6.00. The zero-order valence-corrected chi connectivity index (χ0v) is 24.3.